The average Bonchev–Trinajstić information content (AvgIpc) is 2.39. The van der Waals surface area contributed by atoms with Crippen LogP contribution in [0, 0.1) is 17.1 Å². The molecule has 0 radical (unpaired) electrons. The van der Waals surface area contributed by atoms with Gasteiger partial charge in [-0.2, -0.15) is 5.26 Å². The van der Waals surface area contributed by atoms with Crippen LogP contribution in [0.25, 0.3) is 11.6 Å². The summed E-state index contributed by atoms with van der Waals surface area (Å²) >= 11 is 0. The summed E-state index contributed by atoms with van der Waals surface area (Å²) in [6.07, 6.45) is 6.21. The average molecular weight is 225 g/mol. The Labute approximate surface area is 97.9 Å². The first-order chi connectivity index (χ1) is 8.29. The standard InChI is InChI=1S/C13H8FN3/c14-12-3-1-10(2-4-12)7-11(8-15)13-9-16-5-6-17-13/h1-7,9H/b11-7-. The normalized spacial score (nSPS) is 10.9. The second-order valence-electron chi connectivity index (χ2n) is 3.31. The van der Waals surface area contributed by atoms with Crippen molar-refractivity contribution in [2.24, 2.45) is 0 Å². The second kappa shape index (κ2) is 4.99. The van der Waals surface area contributed by atoms with Crippen LogP contribution in [0.2, 0.25) is 0 Å². The van der Waals surface area contributed by atoms with Gasteiger partial charge in [0.25, 0.3) is 0 Å². The molecule has 82 valence electrons. The number of hydrogen-bond acceptors (Lipinski definition) is 3. The van der Waals surface area contributed by atoms with Gasteiger partial charge in [0.15, 0.2) is 0 Å². The van der Waals surface area contributed by atoms with Crippen molar-refractivity contribution in [2.45, 2.75) is 0 Å². The van der Waals surface area contributed by atoms with Gasteiger partial charge in [0, 0.05) is 12.4 Å². The first-order valence-corrected chi connectivity index (χ1v) is 4.93. The van der Waals surface area contributed by atoms with Crippen LogP contribution in [-0.2, 0) is 0 Å². The SMILES string of the molecule is N#C/C(=C/c1ccc(F)cc1)c1cnccn1. The maximum Gasteiger partial charge on any atom is 0.123 e. The minimum Gasteiger partial charge on any atom is -0.261 e. The molecule has 0 atom stereocenters. The molecule has 0 aliphatic carbocycles. The molecular formula is C13H8FN3. The summed E-state index contributed by atoms with van der Waals surface area (Å²) in [4.78, 5) is 7.93. The van der Waals surface area contributed by atoms with Gasteiger partial charge in [-0.25, -0.2) is 4.39 Å². The van der Waals surface area contributed by atoms with Gasteiger partial charge in [0.1, 0.15) is 11.9 Å². The molecule has 2 aromatic rings. The Morgan fingerprint density at radius 1 is 1.24 bits per heavy atom. The summed E-state index contributed by atoms with van der Waals surface area (Å²) in [5.74, 6) is -0.305. The van der Waals surface area contributed by atoms with Crippen molar-refractivity contribution >= 4 is 11.6 Å². The van der Waals surface area contributed by atoms with Gasteiger partial charge in [-0.05, 0) is 23.8 Å². The van der Waals surface area contributed by atoms with Crippen molar-refractivity contribution in [3.63, 3.8) is 0 Å². The number of rotatable bonds is 2. The highest BCUT2D eigenvalue weighted by Gasteiger charge is 2.02. The zero-order valence-corrected chi connectivity index (χ0v) is 8.84. The predicted octanol–water partition coefficient (Wildman–Crippen LogP) is 2.68. The molecule has 0 spiro atoms. The minimum atomic E-state index is -0.305. The fourth-order valence-corrected chi connectivity index (χ4v) is 1.33. The van der Waals surface area contributed by atoms with Crippen LogP contribution in [-0.4, -0.2) is 9.97 Å². The zero-order chi connectivity index (χ0) is 12.1. The fourth-order valence-electron chi connectivity index (χ4n) is 1.33. The molecule has 2 rings (SSSR count). The van der Waals surface area contributed by atoms with Crippen molar-refractivity contribution in [2.75, 3.05) is 0 Å². The third kappa shape index (κ3) is 2.73. The molecule has 0 aliphatic rings. The Hall–Kier alpha value is -2.54. The van der Waals surface area contributed by atoms with E-state index < -0.39 is 0 Å². The van der Waals surface area contributed by atoms with Crippen molar-refractivity contribution in [1.29, 1.82) is 5.26 Å². The van der Waals surface area contributed by atoms with Crippen molar-refractivity contribution in [1.82, 2.24) is 9.97 Å². The number of aromatic nitrogens is 2. The highest BCUT2D eigenvalue weighted by atomic mass is 19.1. The van der Waals surface area contributed by atoms with E-state index in [1.54, 1.807) is 18.2 Å². The van der Waals surface area contributed by atoms with E-state index in [1.807, 2.05) is 6.07 Å². The summed E-state index contributed by atoms with van der Waals surface area (Å²) < 4.78 is 12.7. The molecule has 0 amide bonds. The van der Waals surface area contributed by atoms with Crippen LogP contribution >= 0.6 is 0 Å². The molecule has 4 heteroatoms. The first kappa shape index (κ1) is 11.0. The van der Waals surface area contributed by atoms with Gasteiger partial charge in [-0.15, -0.1) is 0 Å². The van der Waals surface area contributed by atoms with E-state index >= 15 is 0 Å². The highest BCUT2D eigenvalue weighted by molar-refractivity contribution is 5.87. The summed E-state index contributed by atoms with van der Waals surface area (Å²) in [7, 11) is 0. The summed E-state index contributed by atoms with van der Waals surface area (Å²) in [6, 6.07) is 7.94. The molecule has 17 heavy (non-hydrogen) atoms. The van der Waals surface area contributed by atoms with E-state index in [2.05, 4.69) is 9.97 Å². The van der Waals surface area contributed by atoms with E-state index in [0.717, 1.165) is 5.56 Å². The van der Waals surface area contributed by atoms with Crippen LogP contribution in [0.15, 0.2) is 42.9 Å². The van der Waals surface area contributed by atoms with Crippen molar-refractivity contribution < 1.29 is 4.39 Å². The minimum absolute atomic E-state index is 0.305. The van der Waals surface area contributed by atoms with Crippen molar-refractivity contribution in [3.05, 3.63) is 59.9 Å². The van der Waals surface area contributed by atoms with Crippen LogP contribution in [0.5, 0.6) is 0 Å². The van der Waals surface area contributed by atoms with Crippen LogP contribution in [0.1, 0.15) is 11.3 Å². The number of benzene rings is 1. The monoisotopic (exact) mass is 225 g/mol. The summed E-state index contributed by atoms with van der Waals surface area (Å²) in [5.41, 5.74) is 1.64. The van der Waals surface area contributed by atoms with E-state index in [4.69, 9.17) is 5.26 Å². The zero-order valence-electron chi connectivity index (χ0n) is 8.84. The van der Waals surface area contributed by atoms with E-state index in [9.17, 15) is 4.39 Å². The molecule has 3 nitrogen and oxygen atoms in total. The Morgan fingerprint density at radius 3 is 2.59 bits per heavy atom. The quantitative estimate of drug-likeness (QED) is 0.738. The number of nitrogens with zero attached hydrogens (tertiary/aromatic N) is 3. The number of allylic oxidation sites excluding steroid dienone is 1. The maximum absolute atomic E-state index is 12.7. The lowest BCUT2D eigenvalue weighted by atomic mass is 10.1. The van der Waals surface area contributed by atoms with Gasteiger partial charge in [0.05, 0.1) is 17.5 Å². The Bertz CT molecular complexity index is 568. The third-order valence-electron chi connectivity index (χ3n) is 2.14. The lowest BCUT2D eigenvalue weighted by Gasteiger charge is -1.97. The molecule has 0 unspecified atom stereocenters. The lowest BCUT2D eigenvalue weighted by Crippen LogP contribution is -1.88. The lowest BCUT2D eigenvalue weighted by molar-refractivity contribution is 0.628. The molecule has 0 aliphatic heterocycles. The molecule has 1 heterocycles. The molecule has 1 aromatic carbocycles. The van der Waals surface area contributed by atoms with Crippen LogP contribution < -0.4 is 0 Å². The molecule has 0 bridgehead atoms. The van der Waals surface area contributed by atoms with Crippen LogP contribution in [0.4, 0.5) is 4.39 Å². The van der Waals surface area contributed by atoms with Crippen LogP contribution in [0.3, 0.4) is 0 Å². The smallest absolute Gasteiger partial charge is 0.123 e. The van der Waals surface area contributed by atoms with E-state index in [1.165, 1.54) is 30.7 Å². The molecular weight excluding hydrogens is 217 g/mol. The maximum atomic E-state index is 12.7. The number of nitriles is 1. The Kier molecular flexibility index (Phi) is 3.22. The molecule has 0 N–H and O–H groups in total. The van der Waals surface area contributed by atoms with Gasteiger partial charge in [0.2, 0.25) is 0 Å². The fraction of sp³-hybridized carbons (Fsp3) is 0. The van der Waals surface area contributed by atoms with E-state index in [-0.39, 0.29) is 5.82 Å². The summed E-state index contributed by atoms with van der Waals surface area (Å²) in [6.45, 7) is 0. The first-order valence-electron chi connectivity index (χ1n) is 4.93. The molecule has 1 aromatic heterocycles. The van der Waals surface area contributed by atoms with Gasteiger partial charge in [-0.3, -0.25) is 9.97 Å². The van der Waals surface area contributed by atoms with Gasteiger partial charge >= 0.3 is 0 Å². The third-order valence-corrected chi connectivity index (χ3v) is 2.14. The molecule has 0 saturated heterocycles. The van der Waals surface area contributed by atoms with Crippen molar-refractivity contribution in [3.8, 4) is 6.07 Å². The Balaban J connectivity index is 2.37. The number of hydrogen-bond donors (Lipinski definition) is 0. The molecule has 0 fully saturated rings. The summed E-state index contributed by atoms with van der Waals surface area (Å²) in [5, 5.41) is 9.04. The van der Waals surface area contributed by atoms with E-state index in [0.29, 0.717) is 11.3 Å². The highest BCUT2D eigenvalue weighted by Crippen LogP contribution is 2.14. The molecule has 0 saturated carbocycles. The number of halogens is 1. The van der Waals surface area contributed by atoms with Gasteiger partial charge in [-0.1, -0.05) is 12.1 Å². The second-order valence-corrected chi connectivity index (χ2v) is 3.31. The largest absolute Gasteiger partial charge is 0.261 e. The van der Waals surface area contributed by atoms with Gasteiger partial charge < -0.3 is 0 Å². The topological polar surface area (TPSA) is 49.6 Å². The Morgan fingerprint density at radius 2 is 2.00 bits per heavy atom. The predicted molar refractivity (Wildman–Crippen MR) is 61.9 cm³/mol.